The van der Waals surface area contributed by atoms with Crippen LogP contribution in [0.2, 0.25) is 0 Å². The van der Waals surface area contributed by atoms with Gasteiger partial charge in [0.2, 0.25) is 5.75 Å². The number of carbonyl (C=O) groups is 1. The van der Waals surface area contributed by atoms with Gasteiger partial charge in [-0.1, -0.05) is 31.5 Å². The van der Waals surface area contributed by atoms with Crippen molar-refractivity contribution < 1.29 is 19.0 Å². The number of nitrogens with two attached hydrogens (primary N) is 1. The van der Waals surface area contributed by atoms with E-state index in [2.05, 4.69) is 19.9 Å². The van der Waals surface area contributed by atoms with Gasteiger partial charge in [0.15, 0.2) is 17.3 Å². The first-order valence-corrected chi connectivity index (χ1v) is 11.5. The van der Waals surface area contributed by atoms with Crippen molar-refractivity contribution in [2.24, 2.45) is 11.1 Å². The smallest absolute Gasteiger partial charge is 0.203 e. The number of nitriles is 1. The van der Waals surface area contributed by atoms with Crippen molar-refractivity contribution in [3.63, 3.8) is 0 Å². The van der Waals surface area contributed by atoms with E-state index in [0.29, 0.717) is 52.6 Å². The van der Waals surface area contributed by atoms with Gasteiger partial charge in [0.25, 0.3) is 0 Å². The number of ketones is 1. The van der Waals surface area contributed by atoms with Crippen LogP contribution in [0.1, 0.15) is 43.7 Å². The number of rotatable bonds is 5. The maximum atomic E-state index is 13.7. The Kier molecular flexibility index (Phi) is 6.25. The highest BCUT2D eigenvalue weighted by Gasteiger charge is 2.45. The molecule has 1 atom stereocenters. The molecule has 7 nitrogen and oxygen atoms in total. The Bertz CT molecular complexity index is 1260. The zero-order valence-corrected chi connectivity index (χ0v) is 21.1. The second kappa shape index (κ2) is 9.03. The fourth-order valence-electron chi connectivity index (χ4n) is 5.10. The minimum absolute atomic E-state index is 0.00682. The molecule has 1 aliphatic heterocycles. The number of aryl methyl sites for hydroxylation is 1. The van der Waals surface area contributed by atoms with Crippen LogP contribution in [0.15, 0.2) is 59.1 Å². The van der Waals surface area contributed by atoms with E-state index >= 15 is 0 Å². The zero-order valence-electron chi connectivity index (χ0n) is 21.1. The number of hydrogen-bond donors (Lipinski definition) is 1. The first-order chi connectivity index (χ1) is 16.6. The van der Waals surface area contributed by atoms with Crippen molar-refractivity contribution in [1.29, 1.82) is 5.26 Å². The van der Waals surface area contributed by atoms with Crippen LogP contribution in [0.5, 0.6) is 17.2 Å². The van der Waals surface area contributed by atoms with E-state index in [0.717, 1.165) is 16.9 Å². The molecule has 182 valence electrons. The Morgan fingerprint density at radius 3 is 2.14 bits per heavy atom. The molecular formula is C28H31N3O4. The first kappa shape index (κ1) is 24.2. The highest BCUT2D eigenvalue weighted by Crippen LogP contribution is 2.52. The predicted molar refractivity (Wildman–Crippen MR) is 134 cm³/mol. The second-order valence-electron chi connectivity index (χ2n) is 9.77. The van der Waals surface area contributed by atoms with E-state index in [1.807, 2.05) is 36.1 Å². The Balaban J connectivity index is 2.02. The third-order valence-corrected chi connectivity index (χ3v) is 6.69. The summed E-state index contributed by atoms with van der Waals surface area (Å²) in [6.07, 6.45) is 1.02. The van der Waals surface area contributed by atoms with Crippen LogP contribution in [0, 0.1) is 23.7 Å². The van der Waals surface area contributed by atoms with E-state index in [9.17, 15) is 10.1 Å². The Morgan fingerprint density at radius 1 is 1.03 bits per heavy atom. The summed E-state index contributed by atoms with van der Waals surface area (Å²) in [7, 11) is 4.61. The first-order valence-electron chi connectivity index (χ1n) is 11.5. The number of anilines is 1. The van der Waals surface area contributed by atoms with Gasteiger partial charge in [-0.2, -0.15) is 5.26 Å². The molecule has 0 fully saturated rings. The summed E-state index contributed by atoms with van der Waals surface area (Å²) in [5.41, 5.74) is 10.8. The van der Waals surface area contributed by atoms with Gasteiger partial charge >= 0.3 is 0 Å². The molecule has 0 saturated carbocycles. The van der Waals surface area contributed by atoms with E-state index in [4.69, 9.17) is 19.9 Å². The van der Waals surface area contributed by atoms with Crippen LogP contribution in [0.4, 0.5) is 5.69 Å². The average molecular weight is 474 g/mol. The van der Waals surface area contributed by atoms with Gasteiger partial charge in [-0.3, -0.25) is 9.69 Å². The van der Waals surface area contributed by atoms with Crippen molar-refractivity contribution in [1.82, 2.24) is 0 Å². The number of nitrogens with zero attached hydrogens (tertiary/aromatic N) is 2. The van der Waals surface area contributed by atoms with Crippen molar-refractivity contribution in [2.75, 3.05) is 26.2 Å². The summed E-state index contributed by atoms with van der Waals surface area (Å²) < 4.78 is 16.6. The summed E-state index contributed by atoms with van der Waals surface area (Å²) in [5, 5.41) is 10.3. The number of methoxy groups -OCH3 is 3. The monoisotopic (exact) mass is 473 g/mol. The van der Waals surface area contributed by atoms with Crippen molar-refractivity contribution >= 4 is 11.5 Å². The number of carbonyl (C=O) groups excluding carboxylic acids is 1. The highest BCUT2D eigenvalue weighted by molar-refractivity contribution is 6.01. The maximum absolute atomic E-state index is 13.7. The van der Waals surface area contributed by atoms with Crippen LogP contribution in [0.25, 0.3) is 0 Å². The number of benzene rings is 2. The third-order valence-electron chi connectivity index (χ3n) is 6.69. The molecule has 0 bridgehead atoms. The quantitative estimate of drug-likeness (QED) is 0.655. The normalized spacial score (nSPS) is 19.3. The van der Waals surface area contributed by atoms with Crippen LogP contribution in [-0.4, -0.2) is 27.1 Å². The van der Waals surface area contributed by atoms with Crippen LogP contribution in [-0.2, 0) is 4.79 Å². The third kappa shape index (κ3) is 4.10. The lowest BCUT2D eigenvalue weighted by Gasteiger charge is -2.43. The molecule has 2 aliphatic rings. The fraction of sp³-hybridized carbons (Fsp3) is 0.357. The van der Waals surface area contributed by atoms with Crippen LogP contribution in [0.3, 0.4) is 0 Å². The summed E-state index contributed by atoms with van der Waals surface area (Å²) in [6, 6.07) is 13.8. The number of Topliss-reactive ketones (excluding diaryl/α,β-unsaturated/α-hetero) is 1. The molecule has 0 saturated heterocycles. The molecule has 2 aromatic carbocycles. The molecule has 2 N–H and O–H groups in total. The van der Waals surface area contributed by atoms with Gasteiger partial charge in [-0.25, -0.2) is 0 Å². The molecule has 1 heterocycles. The van der Waals surface area contributed by atoms with Crippen molar-refractivity contribution in [3.8, 4) is 23.3 Å². The Labute approximate surface area is 206 Å². The van der Waals surface area contributed by atoms with Gasteiger partial charge < -0.3 is 19.9 Å². The maximum Gasteiger partial charge on any atom is 0.203 e. The summed E-state index contributed by atoms with van der Waals surface area (Å²) >= 11 is 0. The van der Waals surface area contributed by atoms with Gasteiger partial charge in [-0.05, 0) is 48.6 Å². The molecule has 4 rings (SSSR count). The molecule has 0 amide bonds. The second-order valence-corrected chi connectivity index (χ2v) is 9.77. The molecule has 35 heavy (non-hydrogen) atoms. The van der Waals surface area contributed by atoms with Gasteiger partial charge in [-0.15, -0.1) is 0 Å². The zero-order chi connectivity index (χ0) is 25.5. The van der Waals surface area contributed by atoms with Gasteiger partial charge in [0.1, 0.15) is 5.82 Å². The summed E-state index contributed by atoms with van der Waals surface area (Å²) in [4.78, 5) is 15.6. The molecule has 7 heteroatoms. The number of hydrogen-bond acceptors (Lipinski definition) is 7. The van der Waals surface area contributed by atoms with E-state index in [1.54, 1.807) is 12.1 Å². The van der Waals surface area contributed by atoms with E-state index in [1.165, 1.54) is 21.3 Å². The molecule has 0 aromatic heterocycles. The largest absolute Gasteiger partial charge is 0.493 e. The molecule has 0 unspecified atom stereocenters. The minimum Gasteiger partial charge on any atom is -0.493 e. The highest BCUT2D eigenvalue weighted by atomic mass is 16.5. The molecule has 2 aromatic rings. The molecule has 1 aliphatic carbocycles. The van der Waals surface area contributed by atoms with E-state index in [-0.39, 0.29) is 11.2 Å². The lowest BCUT2D eigenvalue weighted by molar-refractivity contribution is -0.118. The standard InChI is InChI=1S/C28H31N3O4/c1-16-7-9-18(10-8-16)31-20-13-28(2,3)14-21(32)25(20)24(19(15-29)27(31)30)17-11-22(33-4)26(35-6)23(12-17)34-5/h7-12,24H,13-14,30H2,1-6H3/t24-/m1/s1. The van der Waals surface area contributed by atoms with Crippen LogP contribution >= 0.6 is 0 Å². The topological polar surface area (TPSA) is 97.8 Å². The predicted octanol–water partition coefficient (Wildman–Crippen LogP) is 4.96. The molecule has 0 spiro atoms. The lowest BCUT2D eigenvalue weighted by Crippen LogP contribution is -2.42. The minimum atomic E-state index is -0.644. The van der Waals surface area contributed by atoms with Crippen LogP contribution < -0.4 is 24.8 Å². The van der Waals surface area contributed by atoms with Crippen molar-refractivity contribution in [3.05, 3.63) is 70.2 Å². The molecular weight excluding hydrogens is 442 g/mol. The SMILES string of the molecule is COc1cc([C@@H]2C(C#N)=C(N)N(c3ccc(C)cc3)C3=C2C(=O)CC(C)(C)C3)cc(OC)c1OC. The number of allylic oxidation sites excluding steroid dienone is 3. The number of ether oxygens (including phenoxy) is 3. The molecule has 0 radical (unpaired) electrons. The van der Waals surface area contributed by atoms with Gasteiger partial charge in [0.05, 0.1) is 38.9 Å². The fourth-order valence-corrected chi connectivity index (χ4v) is 5.10. The van der Waals surface area contributed by atoms with Gasteiger partial charge in [0, 0.05) is 23.4 Å². The lowest BCUT2D eigenvalue weighted by atomic mass is 9.68. The van der Waals surface area contributed by atoms with Crippen molar-refractivity contribution in [2.45, 2.75) is 39.5 Å². The van der Waals surface area contributed by atoms with E-state index < -0.39 is 5.92 Å². The Morgan fingerprint density at radius 2 is 1.63 bits per heavy atom. The summed E-state index contributed by atoms with van der Waals surface area (Å²) in [5.74, 6) is 1.02. The summed E-state index contributed by atoms with van der Waals surface area (Å²) in [6.45, 7) is 6.17. The Hall–Kier alpha value is -3.92. The average Bonchev–Trinajstić information content (AvgIpc) is 2.82.